The fraction of sp³-hybridized carbons (Fsp3) is 0.583. The van der Waals surface area contributed by atoms with E-state index < -0.39 is 0 Å². The van der Waals surface area contributed by atoms with Crippen molar-refractivity contribution in [3.63, 3.8) is 0 Å². The first-order valence-corrected chi connectivity index (χ1v) is 6.76. The molecule has 2 nitrogen and oxygen atoms in total. The lowest BCUT2D eigenvalue weighted by atomic mass is 10.1. The lowest BCUT2D eigenvalue weighted by Crippen LogP contribution is -2.40. The van der Waals surface area contributed by atoms with Gasteiger partial charge < -0.3 is 10.6 Å². The van der Waals surface area contributed by atoms with E-state index in [1.54, 1.807) is 0 Å². The van der Waals surface area contributed by atoms with Gasteiger partial charge in [0.1, 0.15) is 0 Å². The monoisotopic (exact) mass is 256 g/mol. The van der Waals surface area contributed by atoms with Gasteiger partial charge in [0, 0.05) is 15.8 Å². The van der Waals surface area contributed by atoms with Gasteiger partial charge in [0.05, 0.1) is 6.04 Å². The summed E-state index contributed by atoms with van der Waals surface area (Å²) in [7, 11) is 0. The van der Waals surface area contributed by atoms with Gasteiger partial charge in [-0.2, -0.15) is 0 Å². The summed E-state index contributed by atoms with van der Waals surface area (Å²) in [6.07, 6.45) is 0. The van der Waals surface area contributed by atoms with Crippen LogP contribution in [0, 0.1) is 13.8 Å². The number of hydrogen-bond acceptors (Lipinski definition) is 2. The van der Waals surface area contributed by atoms with Crippen LogP contribution in [0.3, 0.4) is 0 Å². The molecule has 90 valence electrons. The molecule has 4 heteroatoms. The van der Waals surface area contributed by atoms with Crippen molar-refractivity contribution in [2.45, 2.75) is 46.7 Å². The first-order valence-electron chi connectivity index (χ1n) is 5.54. The van der Waals surface area contributed by atoms with Crippen LogP contribution in [-0.4, -0.2) is 11.2 Å². The van der Waals surface area contributed by atoms with Crippen LogP contribution in [0.1, 0.15) is 42.1 Å². The number of rotatable bonds is 3. The van der Waals surface area contributed by atoms with Gasteiger partial charge in [-0.1, -0.05) is 0 Å². The van der Waals surface area contributed by atoms with Gasteiger partial charge in [-0.3, -0.25) is 0 Å². The molecule has 0 bridgehead atoms. The molecule has 2 N–H and O–H groups in total. The zero-order valence-electron chi connectivity index (χ0n) is 10.5. The van der Waals surface area contributed by atoms with Crippen LogP contribution in [0.25, 0.3) is 0 Å². The zero-order valence-corrected chi connectivity index (χ0v) is 12.2. The highest BCUT2D eigenvalue weighted by Crippen LogP contribution is 2.25. The Labute approximate surface area is 107 Å². The van der Waals surface area contributed by atoms with E-state index in [9.17, 15) is 0 Å². The van der Waals surface area contributed by atoms with Gasteiger partial charge in [0.2, 0.25) is 0 Å². The average molecular weight is 256 g/mol. The minimum Gasteiger partial charge on any atom is -0.361 e. The van der Waals surface area contributed by atoms with Gasteiger partial charge in [0.25, 0.3) is 0 Å². The average Bonchev–Trinajstić information content (AvgIpc) is 2.43. The first kappa shape index (κ1) is 13.5. The second-order valence-electron chi connectivity index (χ2n) is 4.36. The molecule has 0 saturated carbocycles. The van der Waals surface area contributed by atoms with Crippen molar-refractivity contribution in [3.05, 3.63) is 21.4 Å². The molecule has 1 unspecified atom stereocenters. The van der Waals surface area contributed by atoms with Crippen LogP contribution in [-0.2, 0) is 0 Å². The highest BCUT2D eigenvalue weighted by atomic mass is 32.1. The number of aryl methyl sites for hydroxylation is 2. The van der Waals surface area contributed by atoms with Crippen molar-refractivity contribution in [3.8, 4) is 0 Å². The molecule has 1 aromatic rings. The molecule has 1 rings (SSSR count). The Hall–Kier alpha value is -0.610. The van der Waals surface area contributed by atoms with Crippen molar-refractivity contribution in [2.75, 3.05) is 0 Å². The van der Waals surface area contributed by atoms with Crippen LogP contribution in [0.5, 0.6) is 0 Å². The quantitative estimate of drug-likeness (QED) is 0.812. The molecule has 1 atom stereocenters. The molecule has 0 amide bonds. The van der Waals surface area contributed by atoms with Gasteiger partial charge >= 0.3 is 0 Å². The molecule has 0 aliphatic carbocycles. The summed E-state index contributed by atoms with van der Waals surface area (Å²) in [5.74, 6) is 0. The summed E-state index contributed by atoms with van der Waals surface area (Å²) in [6.45, 7) is 10.6. The van der Waals surface area contributed by atoms with Crippen LogP contribution in [0.2, 0.25) is 0 Å². The van der Waals surface area contributed by atoms with E-state index in [4.69, 9.17) is 12.2 Å². The molecule has 1 aromatic heterocycles. The fourth-order valence-electron chi connectivity index (χ4n) is 1.66. The summed E-state index contributed by atoms with van der Waals surface area (Å²) in [5, 5.41) is 7.23. The van der Waals surface area contributed by atoms with Crippen LogP contribution in [0.4, 0.5) is 0 Å². The third-order valence-corrected chi connectivity index (χ3v) is 3.53. The van der Waals surface area contributed by atoms with Crippen LogP contribution >= 0.6 is 23.6 Å². The lowest BCUT2D eigenvalue weighted by Gasteiger charge is -2.18. The molecule has 0 radical (unpaired) electrons. The van der Waals surface area contributed by atoms with Gasteiger partial charge in [-0.15, -0.1) is 11.3 Å². The summed E-state index contributed by atoms with van der Waals surface area (Å²) in [5.41, 5.74) is 1.34. The predicted molar refractivity (Wildman–Crippen MR) is 76.2 cm³/mol. The smallest absolute Gasteiger partial charge is 0.166 e. The topological polar surface area (TPSA) is 24.1 Å². The highest BCUT2D eigenvalue weighted by Gasteiger charge is 2.12. The van der Waals surface area contributed by atoms with Crippen molar-refractivity contribution >= 4 is 28.7 Å². The maximum atomic E-state index is 5.24. The van der Waals surface area contributed by atoms with E-state index >= 15 is 0 Å². The number of hydrogen-bond donors (Lipinski definition) is 2. The zero-order chi connectivity index (χ0) is 12.3. The highest BCUT2D eigenvalue weighted by molar-refractivity contribution is 7.80. The molecule has 0 spiro atoms. The minimum atomic E-state index is 0.267. The second-order valence-corrected chi connectivity index (χ2v) is 6.23. The molecule has 1 heterocycles. The normalized spacial score (nSPS) is 12.6. The molecule has 16 heavy (non-hydrogen) atoms. The molecule has 0 aliphatic heterocycles. The third-order valence-electron chi connectivity index (χ3n) is 2.31. The standard InChI is InChI=1S/C12H20N2S2/c1-7(2)13-12(15)14-9(4)11-6-8(3)16-10(11)5/h6-7,9H,1-5H3,(H2,13,14,15). The number of thiocarbonyl (C=S) groups is 1. The van der Waals surface area contributed by atoms with Crippen LogP contribution < -0.4 is 10.6 Å². The summed E-state index contributed by atoms with van der Waals surface area (Å²) >= 11 is 7.07. The van der Waals surface area contributed by atoms with E-state index in [-0.39, 0.29) is 6.04 Å². The van der Waals surface area contributed by atoms with E-state index in [1.165, 1.54) is 15.3 Å². The van der Waals surface area contributed by atoms with Crippen molar-refractivity contribution in [1.29, 1.82) is 0 Å². The maximum Gasteiger partial charge on any atom is 0.166 e. The summed E-state index contributed by atoms with van der Waals surface area (Å²) < 4.78 is 0. The Morgan fingerprint density at radius 1 is 1.25 bits per heavy atom. The largest absolute Gasteiger partial charge is 0.361 e. The van der Waals surface area contributed by atoms with E-state index in [0.29, 0.717) is 6.04 Å². The molecule has 0 aliphatic rings. The van der Waals surface area contributed by atoms with E-state index in [1.807, 2.05) is 11.3 Å². The Bertz CT molecular complexity index is 369. The number of nitrogens with one attached hydrogen (secondary N) is 2. The SMILES string of the molecule is Cc1cc(C(C)NC(=S)NC(C)C)c(C)s1. The second kappa shape index (κ2) is 5.64. The van der Waals surface area contributed by atoms with Crippen molar-refractivity contribution in [1.82, 2.24) is 10.6 Å². The van der Waals surface area contributed by atoms with Gasteiger partial charge in [-0.05, 0) is 58.5 Å². The minimum absolute atomic E-state index is 0.267. The van der Waals surface area contributed by atoms with Gasteiger partial charge in [0.15, 0.2) is 5.11 Å². The van der Waals surface area contributed by atoms with Crippen LogP contribution in [0.15, 0.2) is 6.07 Å². The molecular formula is C12H20N2S2. The van der Waals surface area contributed by atoms with Crippen molar-refractivity contribution < 1.29 is 0 Å². The maximum absolute atomic E-state index is 5.24. The Morgan fingerprint density at radius 2 is 1.88 bits per heavy atom. The Kier molecular flexibility index (Phi) is 4.74. The van der Waals surface area contributed by atoms with E-state index in [2.05, 4.69) is 51.3 Å². The predicted octanol–water partition coefficient (Wildman–Crippen LogP) is 3.30. The first-order chi connectivity index (χ1) is 7.40. The molecule has 0 aromatic carbocycles. The molecule has 0 fully saturated rings. The van der Waals surface area contributed by atoms with Gasteiger partial charge in [-0.25, -0.2) is 0 Å². The van der Waals surface area contributed by atoms with E-state index in [0.717, 1.165) is 5.11 Å². The summed E-state index contributed by atoms with van der Waals surface area (Å²) in [6, 6.07) is 2.87. The molecule has 0 saturated heterocycles. The Morgan fingerprint density at radius 3 is 2.31 bits per heavy atom. The molecular weight excluding hydrogens is 236 g/mol. The van der Waals surface area contributed by atoms with Crippen molar-refractivity contribution in [2.24, 2.45) is 0 Å². The lowest BCUT2D eigenvalue weighted by molar-refractivity contribution is 0.663. The number of thiophene rings is 1. The Balaban J connectivity index is 2.62. The fourth-order valence-corrected chi connectivity index (χ4v) is 3.09. The summed E-state index contributed by atoms with van der Waals surface area (Å²) in [4.78, 5) is 2.72. The third kappa shape index (κ3) is 3.76.